The Morgan fingerprint density at radius 3 is 2.81 bits per heavy atom. The number of benzene rings is 1. The fraction of sp³-hybridized carbons (Fsp3) is 0.588. The minimum Gasteiger partial charge on any atom is -0.493 e. The van der Waals surface area contributed by atoms with Crippen LogP contribution in [0.15, 0.2) is 18.2 Å². The highest BCUT2D eigenvalue weighted by Crippen LogP contribution is 2.30. The summed E-state index contributed by atoms with van der Waals surface area (Å²) in [5, 5.41) is 3.69. The van der Waals surface area contributed by atoms with Crippen LogP contribution in [0.1, 0.15) is 49.8 Å². The Labute approximate surface area is 126 Å². The zero-order valence-corrected chi connectivity index (χ0v) is 12.6. The lowest BCUT2D eigenvalue weighted by Gasteiger charge is -2.30. The number of carbonyl (C=O) groups is 1. The van der Waals surface area contributed by atoms with E-state index < -0.39 is 0 Å². The number of nitrogens with one attached hydrogen (secondary N) is 1. The van der Waals surface area contributed by atoms with E-state index in [2.05, 4.69) is 30.4 Å². The third-order valence-corrected chi connectivity index (χ3v) is 4.83. The first kappa shape index (κ1) is 14.4. The van der Waals surface area contributed by atoms with Crippen molar-refractivity contribution in [1.29, 1.82) is 0 Å². The van der Waals surface area contributed by atoms with E-state index >= 15 is 0 Å². The van der Waals surface area contributed by atoms with Gasteiger partial charge in [-0.15, -0.1) is 0 Å². The summed E-state index contributed by atoms with van der Waals surface area (Å²) < 4.78 is 5.55. The Morgan fingerprint density at radius 1 is 1.33 bits per heavy atom. The lowest BCUT2D eigenvalue weighted by molar-refractivity contribution is -0.122. The molecule has 1 fully saturated rings. The number of nitrogens with two attached hydrogens (primary N) is 1. The van der Waals surface area contributed by atoms with Crippen molar-refractivity contribution in [3.05, 3.63) is 29.3 Å². The fourth-order valence-electron chi connectivity index (χ4n) is 3.47. The monoisotopic (exact) mass is 288 g/mol. The minimum absolute atomic E-state index is 0.0792. The van der Waals surface area contributed by atoms with Gasteiger partial charge in [0.2, 0.25) is 5.91 Å². The van der Waals surface area contributed by atoms with E-state index in [1.165, 1.54) is 11.1 Å². The molecule has 2 aliphatic rings. The van der Waals surface area contributed by atoms with Crippen molar-refractivity contribution in [2.45, 2.75) is 51.1 Å². The number of carbonyl (C=O) groups excluding carboxylic acids is 1. The summed E-state index contributed by atoms with van der Waals surface area (Å²) in [6.45, 7) is 3.01. The molecule has 1 aromatic rings. The molecule has 0 aromatic heterocycles. The maximum absolute atomic E-state index is 11.2. The molecule has 21 heavy (non-hydrogen) atoms. The van der Waals surface area contributed by atoms with Crippen LogP contribution in [-0.4, -0.2) is 18.6 Å². The third-order valence-electron chi connectivity index (χ3n) is 4.83. The molecule has 0 spiro atoms. The maximum atomic E-state index is 11.2. The Hall–Kier alpha value is -1.55. The SMILES string of the molecule is CC(NC1CCC(C(N)=O)CC1)c1ccc2c(c1)CCO2. The second-order valence-corrected chi connectivity index (χ2v) is 6.30. The van der Waals surface area contributed by atoms with Crippen LogP contribution in [0.25, 0.3) is 0 Å². The summed E-state index contributed by atoms with van der Waals surface area (Å²) in [6, 6.07) is 7.30. The van der Waals surface area contributed by atoms with E-state index in [-0.39, 0.29) is 11.8 Å². The fourth-order valence-corrected chi connectivity index (χ4v) is 3.47. The zero-order valence-electron chi connectivity index (χ0n) is 12.6. The first-order valence-electron chi connectivity index (χ1n) is 7.94. The van der Waals surface area contributed by atoms with Crippen molar-refractivity contribution in [3.8, 4) is 5.75 Å². The summed E-state index contributed by atoms with van der Waals surface area (Å²) in [4.78, 5) is 11.2. The molecular weight excluding hydrogens is 264 g/mol. The van der Waals surface area contributed by atoms with Crippen LogP contribution >= 0.6 is 0 Å². The first-order valence-corrected chi connectivity index (χ1v) is 7.94. The lowest BCUT2D eigenvalue weighted by atomic mass is 9.85. The number of rotatable bonds is 4. The summed E-state index contributed by atoms with van der Waals surface area (Å²) in [6.07, 6.45) is 4.91. The van der Waals surface area contributed by atoms with Crippen molar-refractivity contribution >= 4 is 5.91 Å². The van der Waals surface area contributed by atoms with Gasteiger partial charge in [0, 0.05) is 24.4 Å². The molecule has 3 N–H and O–H groups in total. The molecule has 3 rings (SSSR count). The average Bonchev–Trinajstić information content (AvgIpc) is 2.95. The van der Waals surface area contributed by atoms with Gasteiger partial charge >= 0.3 is 0 Å². The van der Waals surface area contributed by atoms with Crippen molar-refractivity contribution in [2.75, 3.05) is 6.61 Å². The molecule has 1 aliphatic carbocycles. The van der Waals surface area contributed by atoms with Crippen LogP contribution in [0, 0.1) is 5.92 Å². The predicted molar refractivity (Wildman–Crippen MR) is 82.1 cm³/mol. The molecule has 1 aromatic carbocycles. The first-order chi connectivity index (χ1) is 10.1. The van der Waals surface area contributed by atoms with E-state index in [0.29, 0.717) is 12.1 Å². The van der Waals surface area contributed by atoms with Gasteiger partial charge in [-0.05, 0) is 49.8 Å². The second kappa shape index (κ2) is 6.06. The Balaban J connectivity index is 1.57. The van der Waals surface area contributed by atoms with Crippen molar-refractivity contribution in [3.63, 3.8) is 0 Å². The number of primary amides is 1. The summed E-state index contributed by atoms with van der Waals surface area (Å²) in [7, 11) is 0. The van der Waals surface area contributed by atoms with E-state index in [0.717, 1.165) is 44.5 Å². The van der Waals surface area contributed by atoms with Crippen molar-refractivity contribution < 1.29 is 9.53 Å². The van der Waals surface area contributed by atoms with Gasteiger partial charge in [-0.3, -0.25) is 4.79 Å². The molecule has 1 heterocycles. The standard InChI is InChI=1S/C17H24N2O2/c1-11(13-4-7-16-14(10-13)8-9-21-16)19-15-5-2-12(3-6-15)17(18)20/h4,7,10-12,15,19H,2-3,5-6,8-9H2,1H3,(H2,18,20). The molecule has 0 saturated heterocycles. The van der Waals surface area contributed by atoms with Gasteiger partial charge in [-0.2, -0.15) is 0 Å². The zero-order chi connectivity index (χ0) is 14.8. The summed E-state index contributed by atoms with van der Waals surface area (Å²) in [5.74, 6) is 0.975. The molecule has 0 radical (unpaired) electrons. The summed E-state index contributed by atoms with van der Waals surface area (Å²) in [5.41, 5.74) is 8.02. The largest absolute Gasteiger partial charge is 0.493 e. The smallest absolute Gasteiger partial charge is 0.220 e. The highest BCUT2D eigenvalue weighted by Gasteiger charge is 2.25. The normalized spacial score (nSPS) is 26.0. The lowest BCUT2D eigenvalue weighted by Crippen LogP contribution is -2.37. The van der Waals surface area contributed by atoms with E-state index in [9.17, 15) is 4.79 Å². The maximum Gasteiger partial charge on any atom is 0.220 e. The Kier molecular flexibility index (Phi) is 4.15. The van der Waals surface area contributed by atoms with Gasteiger partial charge in [-0.25, -0.2) is 0 Å². The van der Waals surface area contributed by atoms with Gasteiger partial charge < -0.3 is 15.8 Å². The second-order valence-electron chi connectivity index (χ2n) is 6.30. The van der Waals surface area contributed by atoms with Crippen LogP contribution in [0.4, 0.5) is 0 Å². The number of hydrogen-bond donors (Lipinski definition) is 2. The van der Waals surface area contributed by atoms with Crippen molar-refractivity contribution in [1.82, 2.24) is 5.32 Å². The van der Waals surface area contributed by atoms with Crippen LogP contribution in [0.2, 0.25) is 0 Å². The number of ether oxygens (including phenoxy) is 1. The topological polar surface area (TPSA) is 64.3 Å². The van der Waals surface area contributed by atoms with Crippen LogP contribution < -0.4 is 15.8 Å². The van der Waals surface area contributed by atoms with Gasteiger partial charge in [0.25, 0.3) is 0 Å². The van der Waals surface area contributed by atoms with Crippen molar-refractivity contribution in [2.24, 2.45) is 11.7 Å². The van der Waals surface area contributed by atoms with Gasteiger partial charge in [0.05, 0.1) is 6.61 Å². The highest BCUT2D eigenvalue weighted by atomic mass is 16.5. The summed E-state index contributed by atoms with van der Waals surface area (Å²) >= 11 is 0. The molecule has 114 valence electrons. The molecule has 1 amide bonds. The Morgan fingerprint density at radius 2 is 2.10 bits per heavy atom. The van der Waals surface area contributed by atoms with Crippen LogP contribution in [0.5, 0.6) is 5.75 Å². The molecule has 1 unspecified atom stereocenters. The molecule has 4 nitrogen and oxygen atoms in total. The molecule has 1 aliphatic heterocycles. The predicted octanol–water partition coefficient (Wildman–Crippen LogP) is 2.32. The minimum atomic E-state index is -0.139. The van der Waals surface area contributed by atoms with E-state index in [1.54, 1.807) is 0 Å². The Bertz CT molecular complexity index is 522. The van der Waals surface area contributed by atoms with Gasteiger partial charge in [0.1, 0.15) is 5.75 Å². The third kappa shape index (κ3) is 3.21. The average molecular weight is 288 g/mol. The van der Waals surface area contributed by atoms with Crippen LogP contribution in [-0.2, 0) is 11.2 Å². The highest BCUT2D eigenvalue weighted by molar-refractivity contribution is 5.76. The number of fused-ring (bicyclic) bond motifs is 1. The van der Waals surface area contributed by atoms with E-state index in [4.69, 9.17) is 10.5 Å². The molecule has 0 bridgehead atoms. The van der Waals surface area contributed by atoms with Gasteiger partial charge in [-0.1, -0.05) is 12.1 Å². The molecular formula is C17H24N2O2. The van der Waals surface area contributed by atoms with E-state index in [1.807, 2.05) is 0 Å². The van der Waals surface area contributed by atoms with Gasteiger partial charge in [0.15, 0.2) is 0 Å². The molecule has 4 heteroatoms. The number of hydrogen-bond acceptors (Lipinski definition) is 3. The number of amides is 1. The molecule has 1 atom stereocenters. The van der Waals surface area contributed by atoms with Crippen LogP contribution in [0.3, 0.4) is 0 Å². The quantitative estimate of drug-likeness (QED) is 0.893. The molecule has 1 saturated carbocycles.